The molecular formula is C12H16BrN7. The number of nitrogen functional groups attached to an aromatic ring is 1. The van der Waals surface area contributed by atoms with Crippen molar-refractivity contribution in [3.63, 3.8) is 0 Å². The lowest BCUT2D eigenvalue weighted by molar-refractivity contribution is 0.926. The average Bonchev–Trinajstić information content (AvgIpc) is 2.70. The van der Waals surface area contributed by atoms with Crippen LogP contribution in [0.5, 0.6) is 0 Å². The van der Waals surface area contributed by atoms with E-state index in [0.29, 0.717) is 11.8 Å². The van der Waals surface area contributed by atoms with Crippen LogP contribution >= 0.6 is 15.9 Å². The molecule has 1 aromatic carbocycles. The number of aromatic nitrogens is 3. The Morgan fingerprint density at radius 3 is 2.70 bits per heavy atom. The third-order valence-corrected chi connectivity index (χ3v) is 3.33. The Bertz CT molecular complexity index is 633. The van der Waals surface area contributed by atoms with Crippen LogP contribution in [0.2, 0.25) is 0 Å². The van der Waals surface area contributed by atoms with E-state index in [4.69, 9.17) is 5.84 Å². The zero-order valence-electron chi connectivity index (χ0n) is 11.5. The van der Waals surface area contributed by atoms with E-state index in [-0.39, 0.29) is 0 Å². The van der Waals surface area contributed by atoms with Crippen molar-refractivity contribution in [3.05, 3.63) is 34.1 Å². The highest BCUT2D eigenvalue weighted by molar-refractivity contribution is 9.10. The number of nitrogens with zero attached hydrogens (tertiary/aromatic N) is 5. The maximum Gasteiger partial charge on any atom is 0.263 e. The van der Waals surface area contributed by atoms with Crippen molar-refractivity contribution in [2.75, 3.05) is 30.3 Å². The van der Waals surface area contributed by atoms with E-state index in [1.165, 1.54) is 4.68 Å². The first-order valence-electron chi connectivity index (χ1n) is 5.92. The van der Waals surface area contributed by atoms with E-state index >= 15 is 0 Å². The third-order valence-electron chi connectivity index (χ3n) is 2.70. The van der Waals surface area contributed by atoms with Crippen LogP contribution < -0.4 is 16.2 Å². The van der Waals surface area contributed by atoms with Gasteiger partial charge in [0.15, 0.2) is 5.82 Å². The van der Waals surface area contributed by atoms with Crippen molar-refractivity contribution in [2.24, 2.45) is 5.10 Å². The minimum Gasteiger partial charge on any atom is -0.377 e. The first-order chi connectivity index (χ1) is 9.49. The Labute approximate surface area is 125 Å². The number of hydrogen-bond acceptors (Lipinski definition) is 6. The van der Waals surface area contributed by atoms with Crippen molar-refractivity contribution in [2.45, 2.75) is 6.92 Å². The predicted octanol–water partition coefficient (Wildman–Crippen LogP) is 1.57. The zero-order chi connectivity index (χ0) is 14.7. The maximum atomic E-state index is 5.70. The third kappa shape index (κ3) is 3.08. The van der Waals surface area contributed by atoms with Gasteiger partial charge in [0, 0.05) is 18.6 Å². The molecule has 0 aliphatic carbocycles. The van der Waals surface area contributed by atoms with Crippen LogP contribution in [0.3, 0.4) is 0 Å². The van der Waals surface area contributed by atoms with Crippen LogP contribution in [0.4, 0.5) is 11.6 Å². The second kappa shape index (κ2) is 5.91. The van der Waals surface area contributed by atoms with Crippen LogP contribution in [-0.4, -0.2) is 35.2 Å². The van der Waals surface area contributed by atoms with Gasteiger partial charge in [-0.1, -0.05) is 6.07 Å². The standard InChI is InChI=1S/C12H16BrN7/c1-8-16-18-12(20(8)14)17-15-7-9-4-5-11(19(2)3)10(13)6-9/h4-7H,14H2,1-3H3,(H,17,18)/b15-7-. The molecule has 1 heterocycles. The summed E-state index contributed by atoms with van der Waals surface area (Å²) in [5.41, 5.74) is 4.80. The van der Waals surface area contributed by atoms with Crippen LogP contribution in [0.15, 0.2) is 27.8 Å². The molecule has 7 nitrogen and oxygen atoms in total. The number of hydrazone groups is 1. The zero-order valence-corrected chi connectivity index (χ0v) is 13.1. The second-order valence-corrected chi connectivity index (χ2v) is 5.27. The number of hydrogen-bond donors (Lipinski definition) is 2. The van der Waals surface area contributed by atoms with E-state index in [0.717, 1.165) is 15.7 Å². The molecule has 0 unspecified atom stereocenters. The monoisotopic (exact) mass is 337 g/mol. The van der Waals surface area contributed by atoms with Crippen molar-refractivity contribution in [3.8, 4) is 0 Å². The number of anilines is 2. The summed E-state index contributed by atoms with van der Waals surface area (Å²) in [6.07, 6.45) is 1.69. The van der Waals surface area contributed by atoms with E-state index in [1.54, 1.807) is 13.1 Å². The van der Waals surface area contributed by atoms with Crippen molar-refractivity contribution in [1.82, 2.24) is 14.9 Å². The molecule has 2 rings (SSSR count). The summed E-state index contributed by atoms with van der Waals surface area (Å²) >= 11 is 3.53. The quantitative estimate of drug-likeness (QED) is 0.502. The highest BCUT2D eigenvalue weighted by Gasteiger charge is 2.04. The number of benzene rings is 1. The lowest BCUT2D eigenvalue weighted by atomic mass is 10.2. The highest BCUT2D eigenvalue weighted by Crippen LogP contribution is 2.25. The van der Waals surface area contributed by atoms with E-state index < -0.39 is 0 Å². The fourth-order valence-electron chi connectivity index (χ4n) is 1.58. The highest BCUT2D eigenvalue weighted by atomic mass is 79.9. The van der Waals surface area contributed by atoms with Gasteiger partial charge in [-0.3, -0.25) is 0 Å². The molecule has 0 radical (unpaired) electrons. The molecule has 0 amide bonds. The molecule has 0 bridgehead atoms. The molecule has 0 saturated carbocycles. The van der Waals surface area contributed by atoms with Crippen molar-refractivity contribution in [1.29, 1.82) is 0 Å². The van der Waals surface area contributed by atoms with Gasteiger partial charge in [-0.15, -0.1) is 10.2 Å². The summed E-state index contributed by atoms with van der Waals surface area (Å²) in [4.78, 5) is 2.03. The van der Waals surface area contributed by atoms with Crippen LogP contribution in [-0.2, 0) is 0 Å². The van der Waals surface area contributed by atoms with Gasteiger partial charge in [-0.05, 0) is 40.5 Å². The predicted molar refractivity (Wildman–Crippen MR) is 84.6 cm³/mol. The van der Waals surface area contributed by atoms with Gasteiger partial charge in [-0.2, -0.15) is 5.10 Å². The summed E-state index contributed by atoms with van der Waals surface area (Å²) in [5, 5.41) is 11.8. The Balaban J connectivity index is 2.08. The molecule has 3 N–H and O–H groups in total. The topological polar surface area (TPSA) is 84.4 Å². The van der Waals surface area contributed by atoms with Gasteiger partial charge < -0.3 is 10.7 Å². The van der Waals surface area contributed by atoms with Crippen molar-refractivity contribution >= 4 is 33.8 Å². The summed E-state index contributed by atoms with van der Waals surface area (Å²) in [6, 6.07) is 5.98. The first kappa shape index (κ1) is 14.3. The Morgan fingerprint density at radius 1 is 1.40 bits per heavy atom. The number of halogens is 1. The molecule has 0 spiro atoms. The van der Waals surface area contributed by atoms with Crippen LogP contribution in [0, 0.1) is 6.92 Å². The fraction of sp³-hybridized carbons (Fsp3) is 0.250. The van der Waals surface area contributed by atoms with E-state index in [9.17, 15) is 0 Å². The van der Waals surface area contributed by atoms with Crippen molar-refractivity contribution < 1.29 is 0 Å². The van der Waals surface area contributed by atoms with Gasteiger partial charge in [-0.25, -0.2) is 10.1 Å². The Kier molecular flexibility index (Phi) is 4.23. The molecule has 0 atom stereocenters. The summed E-state index contributed by atoms with van der Waals surface area (Å²) in [6.45, 7) is 1.76. The molecule has 20 heavy (non-hydrogen) atoms. The Hall–Kier alpha value is -2.09. The average molecular weight is 338 g/mol. The molecule has 0 saturated heterocycles. The van der Waals surface area contributed by atoms with E-state index in [1.807, 2.05) is 37.2 Å². The molecular weight excluding hydrogens is 322 g/mol. The molecule has 0 aliphatic heterocycles. The molecule has 8 heteroatoms. The molecule has 0 aliphatic rings. The van der Waals surface area contributed by atoms with Crippen LogP contribution in [0.1, 0.15) is 11.4 Å². The van der Waals surface area contributed by atoms with Gasteiger partial charge >= 0.3 is 0 Å². The summed E-state index contributed by atoms with van der Waals surface area (Å²) < 4.78 is 2.34. The maximum absolute atomic E-state index is 5.70. The summed E-state index contributed by atoms with van der Waals surface area (Å²) in [5.74, 6) is 6.70. The lowest BCUT2D eigenvalue weighted by Crippen LogP contribution is -2.13. The van der Waals surface area contributed by atoms with Gasteiger partial charge in [0.05, 0.1) is 11.9 Å². The molecule has 1 aromatic heterocycles. The molecule has 0 fully saturated rings. The molecule has 106 valence electrons. The molecule has 2 aromatic rings. The minimum absolute atomic E-state index is 0.391. The second-order valence-electron chi connectivity index (χ2n) is 4.42. The van der Waals surface area contributed by atoms with Crippen LogP contribution in [0.25, 0.3) is 0 Å². The largest absolute Gasteiger partial charge is 0.377 e. The normalized spacial score (nSPS) is 11.0. The van der Waals surface area contributed by atoms with E-state index in [2.05, 4.69) is 36.7 Å². The Morgan fingerprint density at radius 2 is 2.15 bits per heavy atom. The van der Waals surface area contributed by atoms with Gasteiger partial charge in [0.1, 0.15) is 0 Å². The SMILES string of the molecule is Cc1nnc(N/N=C\c2ccc(N(C)C)c(Br)c2)n1N. The number of nitrogens with two attached hydrogens (primary N) is 1. The fourth-order valence-corrected chi connectivity index (χ4v) is 2.33. The minimum atomic E-state index is 0.391. The first-order valence-corrected chi connectivity index (χ1v) is 6.71. The van der Waals surface area contributed by atoms with Gasteiger partial charge in [0.25, 0.3) is 5.95 Å². The number of nitrogens with one attached hydrogen (secondary N) is 1. The number of aryl methyl sites for hydroxylation is 1. The van der Waals surface area contributed by atoms with Gasteiger partial charge in [0.2, 0.25) is 0 Å². The number of rotatable bonds is 4. The lowest BCUT2D eigenvalue weighted by Gasteiger charge is -2.14. The smallest absolute Gasteiger partial charge is 0.263 e. The summed E-state index contributed by atoms with van der Waals surface area (Å²) in [7, 11) is 3.98.